The predicted molar refractivity (Wildman–Crippen MR) is 81.4 cm³/mol. The van der Waals surface area contributed by atoms with E-state index in [-0.39, 0.29) is 5.91 Å². The molecule has 0 aliphatic rings. The van der Waals surface area contributed by atoms with Gasteiger partial charge in [-0.1, -0.05) is 42.5 Å². The van der Waals surface area contributed by atoms with E-state index in [1.165, 1.54) is 0 Å². The van der Waals surface area contributed by atoms with Gasteiger partial charge in [0.1, 0.15) is 0 Å². The molecule has 0 bridgehead atoms. The Bertz CT molecular complexity index is 603. The average Bonchev–Trinajstić information content (AvgIpc) is 2.46. The molecule has 2 aromatic rings. The average molecular weight is 267 g/mol. The highest BCUT2D eigenvalue weighted by Crippen LogP contribution is 2.06. The summed E-state index contributed by atoms with van der Waals surface area (Å²) in [6, 6.07) is 16.9. The third-order valence-corrected chi connectivity index (χ3v) is 2.88. The molecular formula is C16H17N3O. The van der Waals surface area contributed by atoms with Crippen molar-refractivity contribution in [3.8, 4) is 0 Å². The fourth-order valence-corrected chi connectivity index (χ4v) is 1.76. The Kier molecular flexibility index (Phi) is 4.50. The molecule has 3 N–H and O–H groups in total. The number of nitrogens with two attached hydrogens (primary N) is 1. The van der Waals surface area contributed by atoms with Crippen LogP contribution in [0.1, 0.15) is 18.1 Å². The van der Waals surface area contributed by atoms with Crippen LogP contribution in [0.25, 0.3) is 0 Å². The van der Waals surface area contributed by atoms with Crippen molar-refractivity contribution >= 4 is 17.3 Å². The first-order valence-corrected chi connectivity index (χ1v) is 6.38. The highest BCUT2D eigenvalue weighted by Gasteiger charge is 2.02. The van der Waals surface area contributed by atoms with Crippen molar-refractivity contribution in [1.82, 2.24) is 5.43 Å². The number of hydrazone groups is 1. The summed E-state index contributed by atoms with van der Waals surface area (Å²) in [4.78, 5) is 11.8. The van der Waals surface area contributed by atoms with E-state index in [1.807, 2.05) is 49.4 Å². The lowest BCUT2D eigenvalue weighted by Crippen LogP contribution is -2.21. The Morgan fingerprint density at radius 1 is 1.10 bits per heavy atom. The van der Waals surface area contributed by atoms with Gasteiger partial charge in [-0.15, -0.1) is 0 Å². The van der Waals surface area contributed by atoms with Gasteiger partial charge < -0.3 is 5.73 Å². The van der Waals surface area contributed by atoms with Crippen LogP contribution >= 0.6 is 0 Å². The number of benzene rings is 2. The molecule has 0 atom stereocenters. The van der Waals surface area contributed by atoms with Gasteiger partial charge in [-0.2, -0.15) is 5.10 Å². The van der Waals surface area contributed by atoms with Crippen LogP contribution in [-0.4, -0.2) is 11.6 Å². The Hall–Kier alpha value is -2.62. The minimum absolute atomic E-state index is 0.133. The summed E-state index contributed by atoms with van der Waals surface area (Å²) < 4.78 is 0. The van der Waals surface area contributed by atoms with Gasteiger partial charge in [0, 0.05) is 5.69 Å². The summed E-state index contributed by atoms with van der Waals surface area (Å²) in [6.45, 7) is 1.84. The number of anilines is 1. The zero-order chi connectivity index (χ0) is 14.4. The number of carbonyl (C=O) groups excluding carboxylic acids is 1. The number of rotatable bonds is 4. The first-order valence-electron chi connectivity index (χ1n) is 6.38. The van der Waals surface area contributed by atoms with Crippen LogP contribution < -0.4 is 11.2 Å². The second-order valence-electron chi connectivity index (χ2n) is 4.52. The molecule has 1 amide bonds. The number of amides is 1. The van der Waals surface area contributed by atoms with Gasteiger partial charge in [0.15, 0.2) is 0 Å². The Labute approximate surface area is 118 Å². The normalized spacial score (nSPS) is 11.2. The van der Waals surface area contributed by atoms with Crippen LogP contribution in [0.15, 0.2) is 59.7 Å². The molecule has 0 radical (unpaired) electrons. The van der Waals surface area contributed by atoms with Gasteiger partial charge in [-0.3, -0.25) is 4.79 Å². The van der Waals surface area contributed by atoms with Crippen molar-refractivity contribution in [2.24, 2.45) is 5.10 Å². The topological polar surface area (TPSA) is 67.5 Å². The number of nitrogens with zero attached hydrogens (tertiary/aromatic N) is 1. The minimum Gasteiger partial charge on any atom is -0.399 e. The molecule has 0 spiro atoms. The highest BCUT2D eigenvalue weighted by molar-refractivity contribution is 5.99. The summed E-state index contributed by atoms with van der Waals surface area (Å²) in [7, 11) is 0. The molecule has 0 fully saturated rings. The van der Waals surface area contributed by atoms with Crippen molar-refractivity contribution in [2.45, 2.75) is 13.3 Å². The number of carbonyl (C=O) groups is 1. The molecule has 4 nitrogen and oxygen atoms in total. The highest BCUT2D eigenvalue weighted by atomic mass is 16.2. The molecule has 0 unspecified atom stereocenters. The summed E-state index contributed by atoms with van der Waals surface area (Å²) >= 11 is 0. The van der Waals surface area contributed by atoms with Crippen molar-refractivity contribution in [1.29, 1.82) is 0 Å². The quantitative estimate of drug-likeness (QED) is 0.507. The molecule has 0 aromatic heterocycles. The molecule has 2 rings (SSSR count). The fraction of sp³-hybridized carbons (Fsp3) is 0.125. The molecule has 0 saturated heterocycles. The Morgan fingerprint density at radius 2 is 1.75 bits per heavy atom. The van der Waals surface area contributed by atoms with Crippen LogP contribution in [0, 0.1) is 0 Å². The number of hydrogen-bond acceptors (Lipinski definition) is 3. The number of nitrogen functional groups attached to an aromatic ring is 1. The van der Waals surface area contributed by atoms with Crippen LogP contribution in [-0.2, 0) is 11.2 Å². The molecule has 4 heteroatoms. The van der Waals surface area contributed by atoms with E-state index in [0.29, 0.717) is 12.1 Å². The lowest BCUT2D eigenvalue weighted by Gasteiger charge is -2.03. The van der Waals surface area contributed by atoms with Gasteiger partial charge in [0.25, 0.3) is 0 Å². The second kappa shape index (κ2) is 6.52. The van der Waals surface area contributed by atoms with Gasteiger partial charge in [0.05, 0.1) is 12.1 Å². The van der Waals surface area contributed by atoms with E-state index in [4.69, 9.17) is 5.73 Å². The standard InChI is InChI=1S/C16H17N3O/c1-12(14-7-9-15(17)10-8-14)18-19-16(20)11-13-5-3-2-4-6-13/h2-10H,11,17H2,1H3,(H,19,20)/b18-12-. The third-order valence-electron chi connectivity index (χ3n) is 2.88. The second-order valence-corrected chi connectivity index (χ2v) is 4.52. The first kappa shape index (κ1) is 13.8. The Balaban J connectivity index is 1.95. The predicted octanol–water partition coefficient (Wildman–Crippen LogP) is 2.35. The van der Waals surface area contributed by atoms with Crippen molar-refractivity contribution in [3.05, 3.63) is 65.7 Å². The SMILES string of the molecule is C/C(=N/NC(=O)Cc1ccccc1)c1ccc(N)cc1. The summed E-state index contributed by atoms with van der Waals surface area (Å²) in [5.41, 5.74) is 11.5. The largest absolute Gasteiger partial charge is 0.399 e. The van der Waals surface area contributed by atoms with Crippen LogP contribution in [0.3, 0.4) is 0 Å². The zero-order valence-electron chi connectivity index (χ0n) is 11.3. The van der Waals surface area contributed by atoms with E-state index in [1.54, 1.807) is 12.1 Å². The Morgan fingerprint density at radius 3 is 2.40 bits per heavy atom. The van der Waals surface area contributed by atoms with Crippen molar-refractivity contribution in [2.75, 3.05) is 5.73 Å². The lowest BCUT2D eigenvalue weighted by molar-refractivity contribution is -0.120. The van der Waals surface area contributed by atoms with Gasteiger partial charge >= 0.3 is 0 Å². The summed E-state index contributed by atoms with van der Waals surface area (Å²) in [5, 5.41) is 4.10. The number of nitrogens with one attached hydrogen (secondary N) is 1. The van der Waals surface area contributed by atoms with E-state index < -0.39 is 0 Å². The molecule has 20 heavy (non-hydrogen) atoms. The maximum atomic E-state index is 11.8. The van der Waals surface area contributed by atoms with Crippen LogP contribution in [0.5, 0.6) is 0 Å². The van der Waals surface area contributed by atoms with E-state index >= 15 is 0 Å². The maximum Gasteiger partial charge on any atom is 0.244 e. The van der Waals surface area contributed by atoms with Gasteiger partial charge in [-0.25, -0.2) is 5.43 Å². The monoisotopic (exact) mass is 267 g/mol. The van der Waals surface area contributed by atoms with E-state index in [9.17, 15) is 4.79 Å². The molecule has 0 saturated carbocycles. The lowest BCUT2D eigenvalue weighted by atomic mass is 10.1. The van der Waals surface area contributed by atoms with E-state index in [0.717, 1.165) is 16.8 Å². The van der Waals surface area contributed by atoms with Crippen molar-refractivity contribution < 1.29 is 4.79 Å². The molecule has 0 aliphatic heterocycles. The maximum absolute atomic E-state index is 11.8. The fourth-order valence-electron chi connectivity index (χ4n) is 1.76. The third kappa shape index (κ3) is 3.95. The number of hydrogen-bond donors (Lipinski definition) is 2. The molecule has 102 valence electrons. The van der Waals surface area contributed by atoms with Gasteiger partial charge in [0.2, 0.25) is 5.91 Å². The van der Waals surface area contributed by atoms with Crippen LogP contribution in [0.2, 0.25) is 0 Å². The summed E-state index contributed by atoms with van der Waals surface area (Å²) in [6.07, 6.45) is 0.319. The molecular weight excluding hydrogens is 250 g/mol. The zero-order valence-corrected chi connectivity index (χ0v) is 11.3. The van der Waals surface area contributed by atoms with E-state index in [2.05, 4.69) is 10.5 Å². The van der Waals surface area contributed by atoms with Crippen LogP contribution in [0.4, 0.5) is 5.69 Å². The van der Waals surface area contributed by atoms with Gasteiger partial charge in [-0.05, 0) is 30.2 Å². The molecule has 0 aliphatic carbocycles. The smallest absolute Gasteiger partial charge is 0.244 e. The first-order chi connectivity index (χ1) is 9.65. The van der Waals surface area contributed by atoms with Crippen molar-refractivity contribution in [3.63, 3.8) is 0 Å². The summed E-state index contributed by atoms with van der Waals surface area (Å²) in [5.74, 6) is -0.133. The minimum atomic E-state index is -0.133. The molecule has 2 aromatic carbocycles. The molecule has 0 heterocycles.